The largest absolute Gasteiger partial charge is 0.388 e. The first-order valence-corrected chi connectivity index (χ1v) is 7.81. The van der Waals surface area contributed by atoms with Gasteiger partial charge in [-0.05, 0) is 22.6 Å². The third kappa shape index (κ3) is 4.92. The molecule has 2 heteroatoms. The summed E-state index contributed by atoms with van der Waals surface area (Å²) in [5.74, 6) is -0.00447. The Morgan fingerprint density at radius 3 is 2.24 bits per heavy atom. The molecule has 0 aromatic heterocycles. The molecule has 1 N–H and O–H groups in total. The molecule has 2 atom stereocenters. The average Bonchev–Trinajstić information content (AvgIpc) is 2.53. The summed E-state index contributed by atoms with van der Waals surface area (Å²) in [5, 5.41) is 10.3. The molecule has 2 rings (SSSR count). The highest BCUT2D eigenvalue weighted by Gasteiger charge is 2.15. The fourth-order valence-corrected chi connectivity index (χ4v) is 2.79. The SMILES string of the molecule is C=C(Sc1ccccc1)[C@H](C)[C@@H](O)/C=C/c1ccccc1. The van der Waals surface area contributed by atoms with Crippen LogP contribution in [0.2, 0.25) is 0 Å². The van der Waals surface area contributed by atoms with Crippen molar-refractivity contribution in [2.45, 2.75) is 17.9 Å². The van der Waals surface area contributed by atoms with E-state index in [9.17, 15) is 5.11 Å². The molecule has 2 aromatic rings. The standard InChI is InChI=1S/C19H20OS/c1-15(16(2)21-18-11-7-4-8-12-18)19(20)14-13-17-9-5-3-6-10-17/h3-15,19-20H,2H2,1H3/b14-13+/t15-,19-/m0/s1. The van der Waals surface area contributed by atoms with Crippen molar-refractivity contribution in [3.63, 3.8) is 0 Å². The molecule has 0 saturated heterocycles. The van der Waals surface area contributed by atoms with Crippen LogP contribution >= 0.6 is 11.8 Å². The zero-order valence-corrected chi connectivity index (χ0v) is 13.0. The molecule has 2 aromatic carbocycles. The lowest BCUT2D eigenvalue weighted by molar-refractivity contribution is 0.184. The van der Waals surface area contributed by atoms with Crippen LogP contribution in [0.4, 0.5) is 0 Å². The van der Waals surface area contributed by atoms with Gasteiger partial charge in [-0.3, -0.25) is 0 Å². The molecule has 0 aliphatic rings. The molecule has 0 aliphatic heterocycles. The van der Waals surface area contributed by atoms with Crippen LogP contribution in [-0.2, 0) is 0 Å². The monoisotopic (exact) mass is 296 g/mol. The summed E-state index contributed by atoms with van der Waals surface area (Å²) < 4.78 is 0. The molecule has 21 heavy (non-hydrogen) atoms. The number of hydrogen-bond acceptors (Lipinski definition) is 2. The van der Waals surface area contributed by atoms with Gasteiger partial charge in [0.25, 0.3) is 0 Å². The van der Waals surface area contributed by atoms with Gasteiger partial charge in [-0.25, -0.2) is 0 Å². The van der Waals surface area contributed by atoms with Crippen LogP contribution in [0.1, 0.15) is 12.5 Å². The maximum Gasteiger partial charge on any atom is 0.0794 e. The number of thioether (sulfide) groups is 1. The zero-order valence-electron chi connectivity index (χ0n) is 12.1. The second-order valence-electron chi connectivity index (χ2n) is 4.93. The topological polar surface area (TPSA) is 20.2 Å². The molecule has 0 fully saturated rings. The number of hydrogen-bond donors (Lipinski definition) is 1. The van der Waals surface area contributed by atoms with Gasteiger partial charge in [0.2, 0.25) is 0 Å². The van der Waals surface area contributed by atoms with E-state index < -0.39 is 6.10 Å². The summed E-state index contributed by atoms with van der Waals surface area (Å²) in [5.41, 5.74) is 1.09. The molecule has 0 amide bonds. The van der Waals surface area contributed by atoms with Gasteiger partial charge >= 0.3 is 0 Å². The first kappa shape index (κ1) is 15.6. The lowest BCUT2D eigenvalue weighted by Crippen LogP contribution is -2.15. The van der Waals surface area contributed by atoms with E-state index in [-0.39, 0.29) is 5.92 Å². The van der Waals surface area contributed by atoms with E-state index in [0.29, 0.717) is 0 Å². The smallest absolute Gasteiger partial charge is 0.0794 e. The second kappa shape index (κ2) is 7.87. The lowest BCUT2D eigenvalue weighted by atomic mass is 10.0. The van der Waals surface area contributed by atoms with Gasteiger partial charge in [0.15, 0.2) is 0 Å². The van der Waals surface area contributed by atoms with E-state index in [1.165, 1.54) is 0 Å². The van der Waals surface area contributed by atoms with Crippen LogP contribution in [0.15, 0.2) is 83.1 Å². The fourth-order valence-electron chi connectivity index (χ4n) is 1.86. The molecule has 0 aliphatic carbocycles. The van der Waals surface area contributed by atoms with Crippen LogP contribution < -0.4 is 0 Å². The molecule has 0 saturated carbocycles. The molecular weight excluding hydrogens is 276 g/mol. The third-order valence-electron chi connectivity index (χ3n) is 3.30. The maximum absolute atomic E-state index is 10.3. The summed E-state index contributed by atoms with van der Waals surface area (Å²) >= 11 is 1.61. The summed E-state index contributed by atoms with van der Waals surface area (Å²) in [6, 6.07) is 20.1. The minimum absolute atomic E-state index is 0.00447. The number of rotatable bonds is 6. The normalized spacial score (nSPS) is 14.0. The quantitative estimate of drug-likeness (QED) is 0.757. The van der Waals surface area contributed by atoms with Crippen LogP contribution in [0.5, 0.6) is 0 Å². The highest BCUT2D eigenvalue weighted by Crippen LogP contribution is 2.32. The minimum atomic E-state index is -0.533. The van der Waals surface area contributed by atoms with Crippen molar-refractivity contribution in [3.8, 4) is 0 Å². The molecule has 0 spiro atoms. The van der Waals surface area contributed by atoms with Gasteiger partial charge in [-0.1, -0.05) is 85.9 Å². The van der Waals surface area contributed by atoms with Gasteiger partial charge in [0.1, 0.15) is 0 Å². The fraction of sp³-hybridized carbons (Fsp3) is 0.158. The van der Waals surface area contributed by atoms with Gasteiger partial charge in [0.05, 0.1) is 6.10 Å². The van der Waals surface area contributed by atoms with Crippen molar-refractivity contribution in [2.75, 3.05) is 0 Å². The molecule has 0 bridgehead atoms. The Labute approximate surface area is 131 Å². The predicted molar refractivity (Wildman–Crippen MR) is 92.1 cm³/mol. The molecular formula is C19H20OS. The van der Waals surface area contributed by atoms with Crippen LogP contribution in [-0.4, -0.2) is 11.2 Å². The minimum Gasteiger partial charge on any atom is -0.388 e. The Morgan fingerprint density at radius 2 is 1.62 bits per heavy atom. The number of aliphatic hydroxyl groups is 1. The van der Waals surface area contributed by atoms with E-state index >= 15 is 0 Å². The maximum atomic E-state index is 10.3. The lowest BCUT2D eigenvalue weighted by Gasteiger charge is -2.18. The van der Waals surface area contributed by atoms with Gasteiger partial charge < -0.3 is 5.11 Å². The van der Waals surface area contributed by atoms with Gasteiger partial charge in [-0.15, -0.1) is 0 Å². The summed E-state index contributed by atoms with van der Waals surface area (Å²) in [6.07, 6.45) is 3.24. The zero-order chi connectivity index (χ0) is 15.1. The summed E-state index contributed by atoms with van der Waals surface area (Å²) in [7, 11) is 0. The Balaban J connectivity index is 1.94. The van der Waals surface area contributed by atoms with Crippen LogP contribution in [0.3, 0.4) is 0 Å². The van der Waals surface area contributed by atoms with Crippen molar-refractivity contribution in [1.82, 2.24) is 0 Å². The van der Waals surface area contributed by atoms with Crippen LogP contribution in [0.25, 0.3) is 6.08 Å². The van der Waals surface area contributed by atoms with Crippen molar-refractivity contribution < 1.29 is 5.11 Å². The Kier molecular flexibility index (Phi) is 5.85. The van der Waals surface area contributed by atoms with Gasteiger partial charge in [-0.2, -0.15) is 0 Å². The van der Waals surface area contributed by atoms with E-state index in [4.69, 9.17) is 0 Å². The predicted octanol–water partition coefficient (Wildman–Crippen LogP) is 5.00. The second-order valence-corrected chi connectivity index (χ2v) is 6.13. The average molecular weight is 296 g/mol. The number of aliphatic hydroxyl groups excluding tert-OH is 1. The molecule has 1 nitrogen and oxygen atoms in total. The summed E-state index contributed by atoms with van der Waals surface area (Å²) in [6.45, 7) is 6.09. The Hall–Kier alpha value is -1.77. The Bertz CT molecular complexity index is 589. The van der Waals surface area contributed by atoms with Crippen LogP contribution in [0, 0.1) is 5.92 Å². The van der Waals surface area contributed by atoms with Crippen molar-refractivity contribution in [2.24, 2.45) is 5.92 Å². The Morgan fingerprint density at radius 1 is 1.05 bits per heavy atom. The van der Waals surface area contributed by atoms with E-state index in [2.05, 4.69) is 18.7 Å². The molecule has 108 valence electrons. The first-order valence-electron chi connectivity index (χ1n) is 7.00. The van der Waals surface area contributed by atoms with Crippen molar-refractivity contribution >= 4 is 17.8 Å². The first-order chi connectivity index (χ1) is 10.2. The molecule has 0 heterocycles. The van der Waals surface area contributed by atoms with E-state index in [1.54, 1.807) is 11.8 Å². The highest BCUT2D eigenvalue weighted by molar-refractivity contribution is 8.03. The van der Waals surface area contributed by atoms with Crippen molar-refractivity contribution in [3.05, 3.63) is 83.8 Å². The van der Waals surface area contributed by atoms with E-state index in [0.717, 1.165) is 15.4 Å². The summed E-state index contributed by atoms with van der Waals surface area (Å²) in [4.78, 5) is 2.11. The van der Waals surface area contributed by atoms with Gasteiger partial charge in [0, 0.05) is 10.8 Å². The molecule has 0 unspecified atom stereocenters. The number of benzene rings is 2. The van der Waals surface area contributed by atoms with E-state index in [1.807, 2.05) is 67.6 Å². The van der Waals surface area contributed by atoms with Crippen molar-refractivity contribution in [1.29, 1.82) is 0 Å². The molecule has 0 radical (unpaired) electrons. The highest BCUT2D eigenvalue weighted by atomic mass is 32.2. The third-order valence-corrected chi connectivity index (χ3v) is 4.44.